The van der Waals surface area contributed by atoms with E-state index in [1.165, 1.54) is 38.5 Å². The molecule has 34 heavy (non-hydrogen) atoms. The highest BCUT2D eigenvalue weighted by Gasteiger charge is 2.51. The molecule has 5 aliphatic rings. The molecule has 2 N–H and O–H groups in total. The second-order valence-electron chi connectivity index (χ2n) is 11.6. The number of imidazole rings is 1. The van der Waals surface area contributed by atoms with Crippen molar-refractivity contribution in [2.75, 3.05) is 18.5 Å². The molecule has 7 nitrogen and oxygen atoms in total. The van der Waals surface area contributed by atoms with E-state index < -0.39 is 0 Å². The quantitative estimate of drug-likeness (QED) is 0.669. The number of hydrogen-bond acceptors (Lipinski definition) is 4. The predicted octanol–water partition coefficient (Wildman–Crippen LogP) is 4.26. The van der Waals surface area contributed by atoms with Crippen LogP contribution in [0.2, 0.25) is 0 Å². The van der Waals surface area contributed by atoms with Gasteiger partial charge in [-0.05, 0) is 99.5 Å². The van der Waals surface area contributed by atoms with Gasteiger partial charge in [-0.2, -0.15) is 0 Å². The zero-order valence-corrected chi connectivity index (χ0v) is 19.9. The van der Waals surface area contributed by atoms with Crippen LogP contribution in [0.25, 0.3) is 5.65 Å². The number of rotatable bonds is 6. The Labute approximate surface area is 200 Å². The third-order valence-electron chi connectivity index (χ3n) is 9.03. The normalized spacial score (nSPS) is 32.3. The van der Waals surface area contributed by atoms with Gasteiger partial charge in [0, 0.05) is 31.8 Å². The zero-order chi connectivity index (χ0) is 23.3. The minimum Gasteiger partial charge on any atom is -0.396 e. The summed E-state index contributed by atoms with van der Waals surface area (Å²) in [5, 5.41) is 12.6. The van der Waals surface area contributed by atoms with Gasteiger partial charge in [0.15, 0.2) is 0 Å². The fourth-order valence-corrected chi connectivity index (χ4v) is 8.11. The van der Waals surface area contributed by atoms with E-state index in [4.69, 9.17) is 0 Å². The Morgan fingerprint density at radius 1 is 1.09 bits per heavy atom. The first-order valence-corrected chi connectivity index (χ1v) is 13.2. The number of likely N-dealkylation sites (tertiary alicyclic amines) is 1. The van der Waals surface area contributed by atoms with Crippen LogP contribution < -0.4 is 5.32 Å². The highest BCUT2D eigenvalue weighted by molar-refractivity contribution is 5.94. The largest absolute Gasteiger partial charge is 0.396 e. The zero-order valence-electron chi connectivity index (χ0n) is 19.9. The smallest absolute Gasteiger partial charge is 0.274 e. The molecule has 1 unspecified atom stereocenters. The molecule has 5 fully saturated rings. The standard InChI is InChI=1S/C27H36N4O3/c32-9-7-21-4-1-2-8-30(21)26(34)22-17-31-23(28-22)5-3-6-24(31)29-25(33)16-27-13-18-10-19(14-27)12-20(11-18)15-27/h3,5-6,17-21,32H,1-2,4,7-16H2,(H,29,33). The molecular weight excluding hydrogens is 428 g/mol. The van der Waals surface area contributed by atoms with E-state index in [9.17, 15) is 14.7 Å². The van der Waals surface area contributed by atoms with Crippen LogP contribution in [-0.4, -0.2) is 50.4 Å². The number of fused-ring (bicyclic) bond motifs is 1. The molecule has 182 valence electrons. The van der Waals surface area contributed by atoms with Gasteiger partial charge in [-0.3, -0.25) is 14.0 Å². The SMILES string of the molecule is O=C(CC12CC3CC(CC(C3)C1)C2)Nc1cccc2nc(C(=O)N3CCCCC3CCO)cn12. The van der Waals surface area contributed by atoms with Crippen molar-refractivity contribution >= 4 is 23.3 Å². The lowest BCUT2D eigenvalue weighted by Crippen LogP contribution is -2.47. The van der Waals surface area contributed by atoms with Gasteiger partial charge < -0.3 is 15.3 Å². The van der Waals surface area contributed by atoms with E-state index >= 15 is 0 Å². The summed E-state index contributed by atoms with van der Waals surface area (Å²) in [6.45, 7) is 0.783. The molecular formula is C27H36N4O3. The first kappa shape index (κ1) is 22.1. The molecule has 4 aliphatic carbocycles. The second-order valence-corrected chi connectivity index (χ2v) is 11.6. The Morgan fingerprint density at radius 3 is 2.53 bits per heavy atom. The van der Waals surface area contributed by atoms with Crippen molar-refractivity contribution in [3.05, 3.63) is 30.1 Å². The maximum absolute atomic E-state index is 13.3. The summed E-state index contributed by atoms with van der Waals surface area (Å²) in [5.74, 6) is 3.14. The minimum atomic E-state index is -0.0901. The topological polar surface area (TPSA) is 86.9 Å². The van der Waals surface area contributed by atoms with Crippen molar-refractivity contribution in [1.29, 1.82) is 0 Å². The Bertz CT molecular complexity index is 1060. The maximum Gasteiger partial charge on any atom is 0.274 e. The summed E-state index contributed by atoms with van der Waals surface area (Å²) in [7, 11) is 0. The number of nitrogens with one attached hydrogen (secondary N) is 1. The lowest BCUT2D eigenvalue weighted by molar-refractivity contribution is -0.124. The molecule has 3 heterocycles. The molecule has 4 saturated carbocycles. The molecule has 2 amide bonds. The predicted molar refractivity (Wildman–Crippen MR) is 129 cm³/mol. The fourth-order valence-electron chi connectivity index (χ4n) is 8.11. The van der Waals surface area contributed by atoms with Crippen LogP contribution in [0.1, 0.15) is 81.1 Å². The van der Waals surface area contributed by atoms with Gasteiger partial charge in [-0.25, -0.2) is 4.98 Å². The number of nitrogens with zero attached hydrogens (tertiary/aromatic N) is 3. The molecule has 1 atom stereocenters. The number of anilines is 1. The number of carbonyl (C=O) groups excluding carboxylic acids is 2. The fraction of sp³-hybridized carbons (Fsp3) is 0.667. The van der Waals surface area contributed by atoms with Crippen LogP contribution in [0, 0.1) is 23.2 Å². The molecule has 2 aromatic rings. The Hall–Kier alpha value is -2.41. The Balaban J connectivity index is 1.19. The molecule has 7 heteroatoms. The summed E-state index contributed by atoms with van der Waals surface area (Å²) in [4.78, 5) is 32.9. The molecule has 1 aliphatic heterocycles. The van der Waals surface area contributed by atoms with Crippen LogP contribution in [0.5, 0.6) is 0 Å². The van der Waals surface area contributed by atoms with Crippen LogP contribution in [0.4, 0.5) is 5.82 Å². The summed E-state index contributed by atoms with van der Waals surface area (Å²) >= 11 is 0. The number of piperidine rings is 1. The number of hydrogen-bond donors (Lipinski definition) is 2. The molecule has 0 spiro atoms. The van der Waals surface area contributed by atoms with Gasteiger partial charge in [0.1, 0.15) is 17.2 Å². The average molecular weight is 465 g/mol. The second kappa shape index (κ2) is 8.67. The van der Waals surface area contributed by atoms with Crippen molar-refractivity contribution in [3.63, 3.8) is 0 Å². The summed E-state index contributed by atoms with van der Waals surface area (Å²) < 4.78 is 1.83. The summed E-state index contributed by atoms with van der Waals surface area (Å²) in [6.07, 6.45) is 13.7. The van der Waals surface area contributed by atoms with Crippen LogP contribution in [0.3, 0.4) is 0 Å². The van der Waals surface area contributed by atoms with E-state index in [-0.39, 0.29) is 29.9 Å². The lowest BCUT2D eigenvalue weighted by atomic mass is 9.49. The third-order valence-corrected chi connectivity index (χ3v) is 9.03. The Morgan fingerprint density at radius 2 is 1.82 bits per heavy atom. The van der Waals surface area contributed by atoms with Crippen LogP contribution in [-0.2, 0) is 4.79 Å². The van der Waals surface area contributed by atoms with Gasteiger partial charge >= 0.3 is 0 Å². The van der Waals surface area contributed by atoms with Crippen LogP contribution in [0.15, 0.2) is 24.4 Å². The first-order valence-electron chi connectivity index (χ1n) is 13.2. The van der Waals surface area contributed by atoms with Crippen molar-refractivity contribution < 1.29 is 14.7 Å². The number of aliphatic hydroxyl groups is 1. The number of aromatic nitrogens is 2. The highest BCUT2D eigenvalue weighted by Crippen LogP contribution is 2.61. The third kappa shape index (κ3) is 4.02. The number of amides is 2. The summed E-state index contributed by atoms with van der Waals surface area (Å²) in [6, 6.07) is 5.70. The lowest BCUT2D eigenvalue weighted by Gasteiger charge is -2.56. The molecule has 4 bridgehead atoms. The Kier molecular flexibility index (Phi) is 5.63. The molecule has 1 saturated heterocycles. The van der Waals surface area contributed by atoms with Crippen molar-refractivity contribution in [1.82, 2.24) is 14.3 Å². The molecule has 2 aromatic heterocycles. The van der Waals surface area contributed by atoms with E-state index in [1.54, 1.807) is 6.20 Å². The summed E-state index contributed by atoms with van der Waals surface area (Å²) in [5.41, 5.74) is 1.25. The number of pyridine rings is 1. The average Bonchev–Trinajstić information content (AvgIpc) is 3.23. The maximum atomic E-state index is 13.3. The first-order chi connectivity index (χ1) is 16.5. The van der Waals surface area contributed by atoms with E-state index in [2.05, 4.69) is 10.3 Å². The van der Waals surface area contributed by atoms with E-state index in [1.807, 2.05) is 27.5 Å². The minimum absolute atomic E-state index is 0.0653. The van der Waals surface area contributed by atoms with Gasteiger partial charge in [0.05, 0.1) is 0 Å². The van der Waals surface area contributed by atoms with Gasteiger partial charge in [0.2, 0.25) is 5.91 Å². The van der Waals surface area contributed by atoms with Gasteiger partial charge in [-0.1, -0.05) is 6.07 Å². The van der Waals surface area contributed by atoms with Gasteiger partial charge in [-0.15, -0.1) is 0 Å². The number of carbonyl (C=O) groups is 2. The molecule has 7 rings (SSSR count). The van der Waals surface area contributed by atoms with Gasteiger partial charge in [0.25, 0.3) is 5.91 Å². The van der Waals surface area contributed by atoms with E-state index in [0.29, 0.717) is 36.5 Å². The molecule has 0 radical (unpaired) electrons. The van der Waals surface area contributed by atoms with Crippen LogP contribution >= 0.6 is 0 Å². The van der Waals surface area contributed by atoms with Crippen molar-refractivity contribution in [3.8, 4) is 0 Å². The highest BCUT2D eigenvalue weighted by atomic mass is 16.3. The van der Waals surface area contributed by atoms with Crippen molar-refractivity contribution in [2.24, 2.45) is 23.2 Å². The van der Waals surface area contributed by atoms with E-state index in [0.717, 1.165) is 37.0 Å². The monoisotopic (exact) mass is 464 g/mol. The molecule has 0 aromatic carbocycles. The number of aliphatic hydroxyl groups excluding tert-OH is 1. The van der Waals surface area contributed by atoms with Crippen molar-refractivity contribution in [2.45, 2.75) is 76.7 Å².